The third kappa shape index (κ3) is 2.80. The van der Waals surface area contributed by atoms with Gasteiger partial charge in [-0.3, -0.25) is 14.9 Å². The average molecular weight is 346 g/mol. The number of fused-ring (bicyclic) bond motifs is 1. The number of hydrogen-bond acceptors (Lipinski definition) is 4. The Morgan fingerprint density at radius 3 is 2.75 bits per heavy atom. The smallest absolute Gasteiger partial charge is 0.269 e. The van der Waals surface area contributed by atoms with Gasteiger partial charge in [0.25, 0.3) is 11.6 Å². The number of para-hydroxylation sites is 1. The van der Waals surface area contributed by atoms with Crippen molar-refractivity contribution in [3.63, 3.8) is 0 Å². The normalized spacial score (nSPS) is 16.5. The summed E-state index contributed by atoms with van der Waals surface area (Å²) in [6.45, 7) is 2.49. The van der Waals surface area contributed by atoms with Gasteiger partial charge in [-0.1, -0.05) is 30.7 Å². The van der Waals surface area contributed by atoms with E-state index in [0.717, 1.165) is 6.42 Å². The molecule has 0 unspecified atom stereocenters. The molecule has 0 saturated heterocycles. The van der Waals surface area contributed by atoms with Gasteiger partial charge in [0.05, 0.1) is 10.5 Å². The lowest BCUT2D eigenvalue weighted by Gasteiger charge is -2.38. The van der Waals surface area contributed by atoms with Crippen LogP contribution >= 0.6 is 11.6 Å². The van der Waals surface area contributed by atoms with Gasteiger partial charge in [0.1, 0.15) is 6.17 Å². The molecule has 2 aromatic carbocycles. The molecule has 1 N–H and O–H groups in total. The molecular formula is C17H16ClN3O3. The van der Waals surface area contributed by atoms with E-state index in [4.69, 9.17) is 11.6 Å². The zero-order chi connectivity index (χ0) is 17.3. The highest BCUT2D eigenvalue weighted by atomic mass is 35.5. The van der Waals surface area contributed by atoms with E-state index >= 15 is 0 Å². The van der Waals surface area contributed by atoms with Crippen molar-refractivity contribution in [2.24, 2.45) is 0 Å². The summed E-state index contributed by atoms with van der Waals surface area (Å²) in [5.41, 5.74) is 1.74. The van der Waals surface area contributed by atoms with Crippen molar-refractivity contribution in [3.8, 4) is 0 Å². The van der Waals surface area contributed by atoms with Gasteiger partial charge in [-0.05, 0) is 24.6 Å². The van der Waals surface area contributed by atoms with Crippen LogP contribution in [-0.2, 0) is 0 Å². The van der Waals surface area contributed by atoms with Crippen LogP contribution in [0, 0.1) is 10.1 Å². The summed E-state index contributed by atoms with van der Waals surface area (Å²) in [5, 5.41) is 14.7. The number of nitrogens with zero attached hydrogens (tertiary/aromatic N) is 2. The van der Waals surface area contributed by atoms with Gasteiger partial charge in [0.15, 0.2) is 0 Å². The van der Waals surface area contributed by atoms with E-state index in [2.05, 4.69) is 5.32 Å². The van der Waals surface area contributed by atoms with Gasteiger partial charge in [0.2, 0.25) is 0 Å². The maximum atomic E-state index is 12.8. The molecule has 6 nitrogen and oxygen atoms in total. The molecule has 0 radical (unpaired) electrons. The molecule has 24 heavy (non-hydrogen) atoms. The number of amides is 1. The molecule has 0 aliphatic carbocycles. The molecule has 1 amide bonds. The predicted molar refractivity (Wildman–Crippen MR) is 92.2 cm³/mol. The van der Waals surface area contributed by atoms with Crippen LogP contribution in [0.2, 0.25) is 5.02 Å². The number of nitrogens with one attached hydrogen (secondary N) is 1. The van der Waals surface area contributed by atoms with Gasteiger partial charge in [-0.15, -0.1) is 0 Å². The van der Waals surface area contributed by atoms with Gasteiger partial charge in [-0.25, -0.2) is 0 Å². The number of carbonyl (C=O) groups is 1. The van der Waals surface area contributed by atoms with Gasteiger partial charge >= 0.3 is 0 Å². The Balaban J connectivity index is 2.10. The van der Waals surface area contributed by atoms with Crippen LogP contribution < -0.4 is 5.32 Å². The van der Waals surface area contributed by atoms with Crippen molar-refractivity contribution in [1.29, 1.82) is 0 Å². The molecule has 0 bridgehead atoms. The molecule has 0 spiro atoms. The quantitative estimate of drug-likeness (QED) is 0.664. The van der Waals surface area contributed by atoms with Crippen molar-refractivity contribution in [2.45, 2.75) is 19.5 Å². The summed E-state index contributed by atoms with van der Waals surface area (Å²) in [6, 6.07) is 11.5. The second kappa shape index (κ2) is 6.49. The Morgan fingerprint density at radius 1 is 1.29 bits per heavy atom. The zero-order valence-corrected chi connectivity index (χ0v) is 13.8. The molecule has 1 aliphatic rings. The standard InChI is InChI=1S/C17H16ClN3O3/c1-2-9-20-16(13-10-11(21(23)24)7-8-14(13)18)19-15-6-4-3-5-12(15)17(20)22/h3-8,10,16,19H,2,9H2,1H3/t16-/m1/s1. The highest BCUT2D eigenvalue weighted by Crippen LogP contribution is 2.37. The second-order valence-corrected chi connectivity index (χ2v) is 5.96. The van der Waals surface area contributed by atoms with Crippen LogP contribution in [0.15, 0.2) is 42.5 Å². The highest BCUT2D eigenvalue weighted by molar-refractivity contribution is 6.31. The Labute approximate surface area is 144 Å². The second-order valence-electron chi connectivity index (χ2n) is 5.55. The van der Waals surface area contributed by atoms with Crippen molar-refractivity contribution in [1.82, 2.24) is 4.90 Å². The van der Waals surface area contributed by atoms with Crippen molar-refractivity contribution < 1.29 is 9.72 Å². The summed E-state index contributed by atoms with van der Waals surface area (Å²) in [6.07, 6.45) is 0.221. The Morgan fingerprint density at radius 2 is 2.04 bits per heavy atom. The molecule has 0 fully saturated rings. The maximum Gasteiger partial charge on any atom is 0.269 e. The minimum Gasteiger partial charge on any atom is -0.361 e. The number of anilines is 1. The van der Waals surface area contributed by atoms with Crippen LogP contribution in [0.1, 0.15) is 35.4 Å². The first kappa shape index (κ1) is 16.3. The van der Waals surface area contributed by atoms with Crippen molar-refractivity contribution in [3.05, 3.63) is 68.7 Å². The molecule has 2 aromatic rings. The van der Waals surface area contributed by atoms with Gasteiger partial charge in [-0.2, -0.15) is 0 Å². The Kier molecular flexibility index (Phi) is 4.40. The summed E-state index contributed by atoms with van der Waals surface area (Å²) in [5.74, 6) is -0.112. The summed E-state index contributed by atoms with van der Waals surface area (Å²) >= 11 is 6.27. The fourth-order valence-electron chi connectivity index (χ4n) is 2.86. The molecule has 124 valence electrons. The fourth-order valence-corrected chi connectivity index (χ4v) is 3.08. The Bertz CT molecular complexity index is 809. The predicted octanol–water partition coefficient (Wildman–Crippen LogP) is 4.22. The highest BCUT2D eigenvalue weighted by Gasteiger charge is 2.33. The van der Waals surface area contributed by atoms with Gasteiger partial charge in [0, 0.05) is 35.0 Å². The maximum absolute atomic E-state index is 12.8. The van der Waals surface area contributed by atoms with E-state index in [1.807, 2.05) is 25.1 Å². The minimum atomic E-state index is -0.542. The lowest BCUT2D eigenvalue weighted by molar-refractivity contribution is -0.384. The largest absolute Gasteiger partial charge is 0.361 e. The molecule has 7 heteroatoms. The molecule has 1 aliphatic heterocycles. The summed E-state index contributed by atoms with van der Waals surface area (Å²) < 4.78 is 0. The van der Waals surface area contributed by atoms with Crippen LogP contribution in [0.5, 0.6) is 0 Å². The average Bonchev–Trinajstić information content (AvgIpc) is 2.58. The topological polar surface area (TPSA) is 75.5 Å². The number of benzene rings is 2. The van der Waals surface area contributed by atoms with E-state index in [9.17, 15) is 14.9 Å². The lowest BCUT2D eigenvalue weighted by Crippen LogP contribution is -2.43. The first-order valence-electron chi connectivity index (χ1n) is 7.63. The van der Waals surface area contributed by atoms with Crippen LogP contribution in [0.4, 0.5) is 11.4 Å². The number of hydrogen-bond donors (Lipinski definition) is 1. The zero-order valence-electron chi connectivity index (χ0n) is 13.0. The van der Waals surface area contributed by atoms with E-state index in [1.165, 1.54) is 18.2 Å². The number of rotatable bonds is 4. The van der Waals surface area contributed by atoms with Crippen LogP contribution in [0.3, 0.4) is 0 Å². The molecule has 3 rings (SSSR count). The summed E-state index contributed by atoms with van der Waals surface area (Å²) in [4.78, 5) is 25.1. The number of halogens is 1. The fraction of sp³-hybridized carbons (Fsp3) is 0.235. The number of carbonyl (C=O) groups excluding carboxylic acids is 1. The number of nitro benzene ring substituents is 1. The third-order valence-corrected chi connectivity index (χ3v) is 4.32. The van der Waals surface area contributed by atoms with E-state index in [-0.39, 0.29) is 11.6 Å². The van der Waals surface area contributed by atoms with E-state index in [0.29, 0.717) is 28.4 Å². The molecule has 1 atom stereocenters. The Hall–Kier alpha value is -2.60. The molecular weight excluding hydrogens is 330 g/mol. The van der Waals surface area contributed by atoms with Crippen LogP contribution in [0.25, 0.3) is 0 Å². The molecule has 0 saturated carbocycles. The van der Waals surface area contributed by atoms with Gasteiger partial charge < -0.3 is 10.2 Å². The number of non-ortho nitro benzene ring substituents is 1. The SMILES string of the molecule is CCCN1C(=O)c2ccccc2N[C@H]1c1cc([N+](=O)[O-])ccc1Cl. The number of nitro groups is 1. The molecule has 1 heterocycles. The monoisotopic (exact) mass is 345 g/mol. The first-order valence-corrected chi connectivity index (χ1v) is 8.01. The van der Waals surface area contributed by atoms with E-state index < -0.39 is 11.1 Å². The van der Waals surface area contributed by atoms with Crippen LogP contribution in [-0.4, -0.2) is 22.3 Å². The molecule has 0 aromatic heterocycles. The minimum absolute atomic E-state index is 0.0565. The van der Waals surface area contributed by atoms with Crippen molar-refractivity contribution >= 4 is 28.9 Å². The van der Waals surface area contributed by atoms with E-state index in [1.54, 1.807) is 11.0 Å². The summed E-state index contributed by atoms with van der Waals surface area (Å²) in [7, 11) is 0. The first-order chi connectivity index (χ1) is 11.5. The third-order valence-electron chi connectivity index (χ3n) is 3.97. The lowest BCUT2D eigenvalue weighted by atomic mass is 10.0. The van der Waals surface area contributed by atoms with Crippen molar-refractivity contribution in [2.75, 3.05) is 11.9 Å².